The van der Waals surface area contributed by atoms with Crippen molar-refractivity contribution in [3.8, 4) is 5.75 Å². The van der Waals surface area contributed by atoms with Crippen molar-refractivity contribution < 1.29 is 42.0 Å². The first-order valence-electron chi connectivity index (χ1n) is 9.83. The van der Waals surface area contributed by atoms with Gasteiger partial charge in [-0.3, -0.25) is 9.59 Å². The van der Waals surface area contributed by atoms with Crippen molar-refractivity contribution >= 4 is 35.0 Å². The number of sulfonamides is 1. The summed E-state index contributed by atoms with van der Waals surface area (Å²) in [5.74, 6) is -2.50. The molecule has 1 atom stereocenters. The molecule has 32 heavy (non-hydrogen) atoms. The average Bonchev–Trinajstić information content (AvgIpc) is 2.66. The zero-order valence-electron chi connectivity index (χ0n) is 18.3. The molecule has 1 unspecified atom stereocenters. The lowest BCUT2D eigenvalue weighted by Gasteiger charge is -2.29. The number of carbonyl (C=O) groups is 3. The topological polar surface area (TPSA) is 157 Å². The molecular formula is C19H27BN2O9S. The minimum atomic E-state index is -3.41. The normalized spacial score (nSPS) is 15.9. The summed E-state index contributed by atoms with van der Waals surface area (Å²) < 4.78 is 39.7. The Bertz CT molecular complexity index is 976. The molecule has 0 saturated carbocycles. The second-order valence-corrected chi connectivity index (χ2v) is 10.2. The molecule has 0 aromatic heterocycles. The third-order valence-corrected chi connectivity index (χ3v) is 5.12. The van der Waals surface area contributed by atoms with E-state index >= 15 is 0 Å². The van der Waals surface area contributed by atoms with Crippen LogP contribution < -0.4 is 14.7 Å². The third-order valence-electron chi connectivity index (χ3n) is 4.39. The Morgan fingerprint density at radius 2 is 1.94 bits per heavy atom. The molecule has 1 aromatic rings. The van der Waals surface area contributed by atoms with Crippen LogP contribution in [-0.2, 0) is 35.5 Å². The zero-order valence-corrected chi connectivity index (χ0v) is 19.2. The summed E-state index contributed by atoms with van der Waals surface area (Å²) in [5.41, 5.74) is -0.155. The Morgan fingerprint density at radius 3 is 2.56 bits per heavy atom. The van der Waals surface area contributed by atoms with E-state index in [1.165, 1.54) is 6.07 Å². The molecule has 0 radical (unpaired) electrons. The quantitative estimate of drug-likeness (QED) is 0.265. The number of benzene rings is 1. The van der Waals surface area contributed by atoms with Gasteiger partial charge >= 0.3 is 19.1 Å². The maximum atomic E-state index is 12.4. The van der Waals surface area contributed by atoms with Crippen LogP contribution in [0.2, 0.25) is 0 Å². The van der Waals surface area contributed by atoms with Gasteiger partial charge in [-0.2, -0.15) is 0 Å². The zero-order chi connectivity index (χ0) is 24.1. The van der Waals surface area contributed by atoms with E-state index in [0.717, 1.165) is 6.26 Å². The molecule has 1 aliphatic rings. The van der Waals surface area contributed by atoms with Crippen LogP contribution in [0.5, 0.6) is 5.75 Å². The number of esters is 2. The number of amides is 1. The van der Waals surface area contributed by atoms with Gasteiger partial charge in [0.25, 0.3) is 0 Å². The maximum absolute atomic E-state index is 12.4. The van der Waals surface area contributed by atoms with Crippen molar-refractivity contribution in [1.82, 2.24) is 10.0 Å². The Morgan fingerprint density at radius 1 is 1.25 bits per heavy atom. The van der Waals surface area contributed by atoms with Crippen molar-refractivity contribution in [2.24, 2.45) is 5.41 Å². The first-order chi connectivity index (χ1) is 14.8. The van der Waals surface area contributed by atoms with Crippen molar-refractivity contribution in [3.05, 3.63) is 29.3 Å². The standard InChI is InChI=1S/C19H27BN2O9S/c1-19(2,3)18(25)30-11-29-17(24)13-7-5-6-12-10-14(20(26)31-16(12)13)22-15(23)8-9-21-32(4,27)28/h5-7,14,21,26H,8-11H2,1-4H3,(H,22,23). The van der Waals surface area contributed by atoms with Gasteiger partial charge in [-0.05, 0) is 38.8 Å². The second kappa shape index (κ2) is 10.3. The lowest BCUT2D eigenvalue weighted by atomic mass is 9.72. The molecule has 0 spiro atoms. The van der Waals surface area contributed by atoms with E-state index in [9.17, 15) is 27.8 Å². The van der Waals surface area contributed by atoms with Crippen LogP contribution in [0.4, 0.5) is 0 Å². The number of carbonyl (C=O) groups excluding carboxylic acids is 3. The molecule has 1 heterocycles. The molecule has 0 bridgehead atoms. The highest BCUT2D eigenvalue weighted by molar-refractivity contribution is 7.88. The predicted octanol–water partition coefficient (Wildman–Crippen LogP) is -0.231. The van der Waals surface area contributed by atoms with Gasteiger partial charge < -0.3 is 24.5 Å². The van der Waals surface area contributed by atoms with Crippen LogP contribution in [0.3, 0.4) is 0 Å². The minimum absolute atomic E-state index is 0.0375. The monoisotopic (exact) mass is 470 g/mol. The van der Waals surface area contributed by atoms with Gasteiger partial charge in [-0.25, -0.2) is 17.9 Å². The minimum Gasteiger partial charge on any atom is -0.534 e. The maximum Gasteiger partial charge on any atom is 0.547 e. The first kappa shape index (κ1) is 25.6. The Kier molecular flexibility index (Phi) is 8.26. The third kappa shape index (κ3) is 7.50. The fraction of sp³-hybridized carbons (Fsp3) is 0.526. The fourth-order valence-electron chi connectivity index (χ4n) is 2.77. The van der Waals surface area contributed by atoms with Crippen molar-refractivity contribution in [1.29, 1.82) is 0 Å². The first-order valence-corrected chi connectivity index (χ1v) is 11.7. The molecule has 2 rings (SSSR count). The lowest BCUT2D eigenvalue weighted by Crippen LogP contribution is -2.53. The molecule has 1 aromatic carbocycles. The number of fused-ring (bicyclic) bond motifs is 1. The molecule has 11 nitrogen and oxygen atoms in total. The summed E-state index contributed by atoms with van der Waals surface area (Å²) in [4.78, 5) is 36.2. The summed E-state index contributed by atoms with van der Waals surface area (Å²) in [5, 5.41) is 12.9. The highest BCUT2D eigenvalue weighted by atomic mass is 32.2. The second-order valence-electron chi connectivity index (χ2n) is 8.33. The highest BCUT2D eigenvalue weighted by Crippen LogP contribution is 2.30. The number of rotatable bonds is 8. The van der Waals surface area contributed by atoms with Crippen LogP contribution in [0.25, 0.3) is 0 Å². The molecule has 0 saturated heterocycles. The van der Waals surface area contributed by atoms with E-state index in [1.807, 2.05) is 0 Å². The highest BCUT2D eigenvalue weighted by Gasteiger charge is 2.38. The summed E-state index contributed by atoms with van der Waals surface area (Å²) >= 11 is 0. The van der Waals surface area contributed by atoms with Crippen LogP contribution in [0, 0.1) is 5.41 Å². The van der Waals surface area contributed by atoms with Gasteiger partial charge in [-0.1, -0.05) is 12.1 Å². The van der Waals surface area contributed by atoms with Gasteiger partial charge in [-0.15, -0.1) is 0 Å². The molecule has 0 aliphatic carbocycles. The van der Waals surface area contributed by atoms with Crippen molar-refractivity contribution in [3.63, 3.8) is 0 Å². The van der Waals surface area contributed by atoms with E-state index in [1.54, 1.807) is 32.9 Å². The van der Waals surface area contributed by atoms with Gasteiger partial charge in [0.15, 0.2) is 0 Å². The lowest BCUT2D eigenvalue weighted by molar-refractivity contribution is -0.161. The molecule has 3 N–H and O–H groups in total. The summed E-state index contributed by atoms with van der Waals surface area (Å²) in [6.07, 6.45) is 1.03. The smallest absolute Gasteiger partial charge is 0.534 e. The fourth-order valence-corrected chi connectivity index (χ4v) is 3.24. The van der Waals surface area contributed by atoms with Gasteiger partial charge in [0.05, 0.1) is 17.6 Å². The molecule has 176 valence electrons. The Hall–Kier alpha value is -2.64. The van der Waals surface area contributed by atoms with E-state index in [4.69, 9.17) is 14.1 Å². The molecule has 13 heteroatoms. The van der Waals surface area contributed by atoms with Crippen LogP contribution >= 0.6 is 0 Å². The van der Waals surface area contributed by atoms with Crippen LogP contribution in [0.15, 0.2) is 18.2 Å². The van der Waals surface area contributed by atoms with Gasteiger partial charge in [0.2, 0.25) is 22.7 Å². The molecule has 0 fully saturated rings. The van der Waals surface area contributed by atoms with Gasteiger partial charge in [0, 0.05) is 13.0 Å². The average molecular weight is 470 g/mol. The van der Waals surface area contributed by atoms with Crippen LogP contribution in [-0.4, -0.2) is 63.9 Å². The molecule has 1 aliphatic heterocycles. The Balaban J connectivity index is 1.98. The van der Waals surface area contributed by atoms with E-state index in [2.05, 4.69) is 10.0 Å². The number of nitrogens with one attached hydrogen (secondary N) is 2. The number of hydrogen-bond donors (Lipinski definition) is 3. The summed E-state index contributed by atoms with van der Waals surface area (Å²) in [6.45, 7) is 4.34. The number of ether oxygens (including phenoxy) is 2. The summed E-state index contributed by atoms with van der Waals surface area (Å²) in [7, 11) is -4.85. The van der Waals surface area contributed by atoms with Crippen molar-refractivity contribution in [2.45, 2.75) is 39.6 Å². The van der Waals surface area contributed by atoms with E-state index < -0.39 is 53.1 Å². The molecule has 1 amide bonds. The Labute approximate surface area is 187 Å². The van der Waals surface area contributed by atoms with E-state index in [0.29, 0.717) is 5.56 Å². The van der Waals surface area contributed by atoms with Gasteiger partial charge in [0.1, 0.15) is 11.3 Å². The number of hydrogen-bond acceptors (Lipinski definition) is 9. The largest absolute Gasteiger partial charge is 0.547 e. The summed E-state index contributed by atoms with van der Waals surface area (Å²) in [6, 6.07) is 4.70. The van der Waals surface area contributed by atoms with E-state index in [-0.39, 0.29) is 30.7 Å². The predicted molar refractivity (Wildman–Crippen MR) is 114 cm³/mol. The van der Waals surface area contributed by atoms with Crippen LogP contribution in [0.1, 0.15) is 43.1 Å². The SMILES string of the molecule is CC(C)(C)C(=O)OCOC(=O)c1cccc2c1OB(O)C(NC(=O)CCNS(C)(=O)=O)C2. The van der Waals surface area contributed by atoms with Crippen molar-refractivity contribution in [2.75, 3.05) is 19.6 Å². The number of para-hydroxylation sites is 1. The molecular weight excluding hydrogens is 443 g/mol.